The van der Waals surface area contributed by atoms with Crippen molar-refractivity contribution in [2.45, 2.75) is 11.8 Å². The Morgan fingerprint density at radius 2 is 2.05 bits per heavy atom. The van der Waals surface area contributed by atoms with E-state index < -0.39 is 5.97 Å². The third-order valence-corrected chi connectivity index (χ3v) is 3.41. The topological polar surface area (TPSA) is 78.1 Å². The van der Waals surface area contributed by atoms with E-state index in [1.54, 1.807) is 18.7 Å². The van der Waals surface area contributed by atoms with Gasteiger partial charge in [-0.2, -0.15) is 0 Å². The first-order valence-electron chi connectivity index (χ1n) is 6.09. The lowest BCUT2D eigenvalue weighted by Gasteiger charge is -2.06. The van der Waals surface area contributed by atoms with Crippen molar-refractivity contribution in [1.82, 2.24) is 9.97 Å². The smallest absolute Gasteiger partial charge is 0.343 e. The fourth-order valence-corrected chi connectivity index (χ4v) is 2.05. The largest absolute Gasteiger partial charge is 0.462 e. The maximum absolute atomic E-state index is 11.6. The molecule has 104 valence electrons. The Balaban J connectivity index is 2.30. The lowest BCUT2D eigenvalue weighted by atomic mass is 10.2. The molecule has 0 aliphatic rings. The molecule has 6 heteroatoms. The number of hydrogen-bond acceptors (Lipinski definition) is 6. The van der Waals surface area contributed by atoms with Crippen LogP contribution in [0.3, 0.4) is 0 Å². The first-order chi connectivity index (χ1) is 9.65. The molecule has 0 fully saturated rings. The highest BCUT2D eigenvalue weighted by atomic mass is 32.2. The van der Waals surface area contributed by atoms with Gasteiger partial charge in [0.05, 0.1) is 6.61 Å². The zero-order valence-electron chi connectivity index (χ0n) is 11.3. The molecule has 1 aromatic heterocycles. The molecule has 0 saturated heterocycles. The second-order valence-corrected chi connectivity index (χ2v) is 4.82. The molecule has 0 aliphatic heterocycles. The van der Waals surface area contributed by atoms with E-state index in [0.29, 0.717) is 5.82 Å². The molecule has 0 atom stereocenters. The first kappa shape index (κ1) is 14.3. The number of rotatable bonds is 4. The molecule has 0 saturated carbocycles. The average Bonchev–Trinajstić information content (AvgIpc) is 2.47. The minimum absolute atomic E-state index is 0.127. The molecule has 1 heterocycles. The van der Waals surface area contributed by atoms with Gasteiger partial charge in [0.1, 0.15) is 11.4 Å². The Morgan fingerprint density at radius 1 is 1.35 bits per heavy atom. The van der Waals surface area contributed by atoms with Crippen molar-refractivity contribution in [1.29, 1.82) is 0 Å². The summed E-state index contributed by atoms with van der Waals surface area (Å²) in [4.78, 5) is 21.1. The van der Waals surface area contributed by atoms with Crippen molar-refractivity contribution in [3.05, 3.63) is 36.0 Å². The minimum atomic E-state index is -0.505. The zero-order valence-corrected chi connectivity index (χ0v) is 12.1. The van der Waals surface area contributed by atoms with Gasteiger partial charge in [0.2, 0.25) is 0 Å². The van der Waals surface area contributed by atoms with Crippen LogP contribution in [0, 0.1) is 0 Å². The summed E-state index contributed by atoms with van der Waals surface area (Å²) < 4.78 is 4.88. The van der Waals surface area contributed by atoms with Crippen LogP contribution in [0.4, 0.5) is 5.82 Å². The molecule has 0 amide bonds. The molecule has 0 aliphatic carbocycles. The average molecular weight is 289 g/mol. The maximum atomic E-state index is 11.6. The molecule has 0 unspecified atom stereocenters. The van der Waals surface area contributed by atoms with Gasteiger partial charge in [-0.25, -0.2) is 14.8 Å². The fourth-order valence-electron chi connectivity index (χ4n) is 1.64. The molecular weight excluding hydrogens is 274 g/mol. The van der Waals surface area contributed by atoms with E-state index in [-0.39, 0.29) is 18.0 Å². The minimum Gasteiger partial charge on any atom is -0.462 e. The zero-order chi connectivity index (χ0) is 14.5. The van der Waals surface area contributed by atoms with Crippen LogP contribution in [0.2, 0.25) is 0 Å². The lowest BCUT2D eigenvalue weighted by molar-refractivity contribution is 0.0527. The predicted molar refractivity (Wildman–Crippen MR) is 79.6 cm³/mol. The van der Waals surface area contributed by atoms with Crippen LogP contribution >= 0.6 is 11.8 Å². The number of nitrogens with two attached hydrogens (primary N) is 1. The maximum Gasteiger partial charge on any atom is 0.343 e. The number of carbonyl (C=O) groups excluding carboxylic acids is 1. The third-order valence-electron chi connectivity index (χ3n) is 2.66. The predicted octanol–water partition coefficient (Wildman–Crippen LogP) is 2.62. The molecule has 5 nitrogen and oxygen atoms in total. The second kappa shape index (κ2) is 6.38. The molecule has 1 aromatic carbocycles. The Kier molecular flexibility index (Phi) is 4.57. The summed E-state index contributed by atoms with van der Waals surface area (Å²) in [5, 5.41) is 0. The van der Waals surface area contributed by atoms with Gasteiger partial charge in [0, 0.05) is 16.7 Å². The number of nitrogens with zero attached hydrogens (tertiary/aromatic N) is 2. The summed E-state index contributed by atoms with van der Waals surface area (Å²) in [6.45, 7) is 2.02. The fraction of sp³-hybridized carbons (Fsp3) is 0.214. The van der Waals surface area contributed by atoms with Gasteiger partial charge in [-0.3, -0.25) is 0 Å². The normalized spacial score (nSPS) is 10.3. The van der Waals surface area contributed by atoms with Crippen LogP contribution in [0.1, 0.15) is 17.3 Å². The van der Waals surface area contributed by atoms with Crippen LogP contribution in [-0.2, 0) is 4.74 Å². The molecule has 2 rings (SSSR count). The Labute approximate surface area is 121 Å². The van der Waals surface area contributed by atoms with E-state index in [1.807, 2.05) is 30.5 Å². The van der Waals surface area contributed by atoms with Crippen molar-refractivity contribution < 1.29 is 9.53 Å². The number of ether oxygens (including phenoxy) is 1. The molecule has 0 radical (unpaired) electrons. The van der Waals surface area contributed by atoms with Gasteiger partial charge in [-0.05, 0) is 25.3 Å². The number of carbonyl (C=O) groups is 1. The summed E-state index contributed by atoms with van der Waals surface area (Å²) in [7, 11) is 0. The van der Waals surface area contributed by atoms with Crippen LogP contribution in [0.15, 0.2) is 35.4 Å². The number of esters is 1. The molecule has 0 spiro atoms. The van der Waals surface area contributed by atoms with Gasteiger partial charge < -0.3 is 10.5 Å². The van der Waals surface area contributed by atoms with E-state index in [4.69, 9.17) is 10.5 Å². The van der Waals surface area contributed by atoms with Gasteiger partial charge in [0.15, 0.2) is 5.82 Å². The van der Waals surface area contributed by atoms with Crippen molar-refractivity contribution in [3.63, 3.8) is 0 Å². The van der Waals surface area contributed by atoms with Gasteiger partial charge in [-0.15, -0.1) is 11.8 Å². The van der Waals surface area contributed by atoms with Crippen LogP contribution < -0.4 is 5.73 Å². The van der Waals surface area contributed by atoms with E-state index in [0.717, 1.165) is 10.5 Å². The number of thioether (sulfide) groups is 1. The molecule has 2 N–H and O–H groups in total. The molecule has 20 heavy (non-hydrogen) atoms. The quantitative estimate of drug-likeness (QED) is 0.688. The summed E-state index contributed by atoms with van der Waals surface area (Å²) in [6, 6.07) is 7.81. The van der Waals surface area contributed by atoms with E-state index in [1.165, 1.54) is 6.20 Å². The SMILES string of the molecule is CCOC(=O)c1cnc(-c2ccc(SC)cc2)nc1N. The van der Waals surface area contributed by atoms with E-state index in [2.05, 4.69) is 9.97 Å². The number of benzene rings is 1. The first-order valence-corrected chi connectivity index (χ1v) is 7.32. The Bertz CT molecular complexity index is 614. The summed E-state index contributed by atoms with van der Waals surface area (Å²) in [6.07, 6.45) is 3.41. The summed E-state index contributed by atoms with van der Waals surface area (Å²) in [5.74, 6) is 0.111. The Morgan fingerprint density at radius 3 is 2.60 bits per heavy atom. The van der Waals surface area contributed by atoms with E-state index in [9.17, 15) is 4.79 Å². The molecular formula is C14H15N3O2S. The highest BCUT2D eigenvalue weighted by molar-refractivity contribution is 7.98. The summed E-state index contributed by atoms with van der Waals surface area (Å²) >= 11 is 1.66. The van der Waals surface area contributed by atoms with Gasteiger partial charge >= 0.3 is 5.97 Å². The van der Waals surface area contributed by atoms with Crippen LogP contribution in [-0.4, -0.2) is 28.8 Å². The monoisotopic (exact) mass is 289 g/mol. The number of aromatic nitrogens is 2. The summed E-state index contributed by atoms with van der Waals surface area (Å²) in [5.41, 5.74) is 6.83. The highest BCUT2D eigenvalue weighted by Crippen LogP contribution is 2.21. The molecule has 2 aromatic rings. The third kappa shape index (κ3) is 3.08. The van der Waals surface area contributed by atoms with Crippen molar-refractivity contribution in [2.75, 3.05) is 18.6 Å². The van der Waals surface area contributed by atoms with Crippen LogP contribution in [0.5, 0.6) is 0 Å². The van der Waals surface area contributed by atoms with Gasteiger partial charge in [-0.1, -0.05) is 12.1 Å². The van der Waals surface area contributed by atoms with Gasteiger partial charge in [0.25, 0.3) is 0 Å². The van der Waals surface area contributed by atoms with Crippen molar-refractivity contribution >= 4 is 23.5 Å². The lowest BCUT2D eigenvalue weighted by Crippen LogP contribution is -2.10. The number of hydrogen-bond donors (Lipinski definition) is 1. The second-order valence-electron chi connectivity index (χ2n) is 3.94. The highest BCUT2D eigenvalue weighted by Gasteiger charge is 2.14. The van der Waals surface area contributed by atoms with Crippen molar-refractivity contribution in [2.24, 2.45) is 0 Å². The van der Waals surface area contributed by atoms with E-state index >= 15 is 0 Å². The van der Waals surface area contributed by atoms with Crippen molar-refractivity contribution in [3.8, 4) is 11.4 Å². The standard InChI is InChI=1S/C14H15N3O2S/c1-3-19-14(18)11-8-16-13(17-12(11)15)9-4-6-10(20-2)7-5-9/h4-8H,3H2,1-2H3,(H2,15,16,17). The molecule has 0 bridgehead atoms. The number of nitrogen functional groups attached to an aromatic ring is 1. The van der Waals surface area contributed by atoms with Crippen LogP contribution in [0.25, 0.3) is 11.4 Å². The Hall–Kier alpha value is -2.08. The number of anilines is 1.